The van der Waals surface area contributed by atoms with E-state index >= 15 is 0 Å². The Balaban J connectivity index is 2.52. The Labute approximate surface area is 365 Å². The molecular weight excluding hydrogens is 816 g/mol. The van der Waals surface area contributed by atoms with Crippen LogP contribution in [-0.4, -0.2) is 184 Å². The lowest BCUT2D eigenvalue weighted by Gasteiger charge is -2.32. The summed E-state index contributed by atoms with van der Waals surface area (Å²) in [5.41, 5.74) is 0. The van der Waals surface area contributed by atoms with Gasteiger partial charge in [-0.3, -0.25) is 28.8 Å². The number of carbonyl (C=O) groups excluding carboxylic acids is 6. The second-order valence-electron chi connectivity index (χ2n) is 15.0. The topological polar surface area (TPSA) is 313 Å². The number of hydrogen-bond acceptors (Lipinski definition) is 15. The second-order valence-corrected chi connectivity index (χ2v) is 15.0. The van der Waals surface area contributed by atoms with E-state index in [-0.39, 0.29) is 142 Å². The standard InChI is InChI=1S/C41H76N6O15/c48-20-26-59-23-17-42-37(54)15-12-32(40(57)43-18-24-60-27-21-49)47-39(56)16-13-33(41(58)44-19-25-61-28-22-50)46-38(55)10-8-6-4-2-1-3-5-7-9-36(53)45-29-31-11-14-34(52)35(30-51)62-31/h31-35,48-52H,1-30H2,(H,42,54)(H,43,57)(H,44,58)(H,45,53)(H,46,55)(H,47,56). The fourth-order valence-electron chi connectivity index (χ4n) is 6.42. The van der Waals surface area contributed by atoms with Crippen LogP contribution >= 0.6 is 0 Å². The lowest BCUT2D eigenvalue weighted by molar-refractivity contribution is -0.136. The van der Waals surface area contributed by atoms with Gasteiger partial charge in [0.05, 0.1) is 78.3 Å². The van der Waals surface area contributed by atoms with Crippen molar-refractivity contribution in [1.82, 2.24) is 31.9 Å². The minimum atomic E-state index is -1.10. The van der Waals surface area contributed by atoms with E-state index in [0.717, 1.165) is 44.9 Å². The van der Waals surface area contributed by atoms with Gasteiger partial charge in [0.25, 0.3) is 0 Å². The van der Waals surface area contributed by atoms with E-state index in [2.05, 4.69) is 31.9 Å². The van der Waals surface area contributed by atoms with E-state index in [4.69, 9.17) is 34.3 Å². The molecule has 1 heterocycles. The summed E-state index contributed by atoms with van der Waals surface area (Å²) in [4.78, 5) is 76.8. The summed E-state index contributed by atoms with van der Waals surface area (Å²) in [5, 5.41) is 61.9. The Bertz CT molecular complexity index is 1240. The van der Waals surface area contributed by atoms with E-state index in [1.54, 1.807) is 0 Å². The average Bonchev–Trinajstić information content (AvgIpc) is 3.26. The normalized spacial score (nSPS) is 17.1. The molecule has 6 amide bonds. The Morgan fingerprint density at radius 2 is 0.935 bits per heavy atom. The summed E-state index contributed by atoms with van der Waals surface area (Å²) in [6.45, 7) is 0.747. The molecule has 1 rings (SSSR count). The molecule has 21 nitrogen and oxygen atoms in total. The summed E-state index contributed by atoms with van der Waals surface area (Å²) in [6.07, 6.45) is 6.76. The first-order valence-electron chi connectivity index (χ1n) is 22.2. The van der Waals surface area contributed by atoms with Crippen molar-refractivity contribution in [3.05, 3.63) is 0 Å². The molecule has 0 radical (unpaired) electrons. The van der Waals surface area contributed by atoms with E-state index in [1.807, 2.05) is 0 Å². The first-order valence-corrected chi connectivity index (χ1v) is 22.2. The molecule has 1 aliphatic rings. The maximum atomic E-state index is 13.1. The third kappa shape index (κ3) is 29.7. The highest BCUT2D eigenvalue weighted by Crippen LogP contribution is 2.19. The van der Waals surface area contributed by atoms with Gasteiger partial charge in [-0.05, 0) is 38.5 Å². The molecule has 1 fully saturated rings. The molecule has 0 spiro atoms. The first kappa shape index (κ1) is 56.5. The lowest BCUT2D eigenvalue weighted by Crippen LogP contribution is -2.50. The van der Waals surface area contributed by atoms with E-state index < -0.39 is 42.0 Å². The maximum Gasteiger partial charge on any atom is 0.242 e. The van der Waals surface area contributed by atoms with Gasteiger partial charge >= 0.3 is 0 Å². The molecule has 1 saturated heterocycles. The quantitative estimate of drug-likeness (QED) is 0.0292. The molecule has 0 aliphatic carbocycles. The minimum Gasteiger partial charge on any atom is -0.394 e. The van der Waals surface area contributed by atoms with Crippen molar-refractivity contribution < 1.29 is 73.2 Å². The Hall–Kier alpha value is -3.54. The number of amides is 6. The summed E-state index contributed by atoms with van der Waals surface area (Å²) < 4.78 is 21.1. The highest BCUT2D eigenvalue weighted by Gasteiger charge is 2.29. The van der Waals surface area contributed by atoms with Crippen molar-refractivity contribution in [3.8, 4) is 0 Å². The van der Waals surface area contributed by atoms with Crippen LogP contribution in [0.25, 0.3) is 0 Å². The van der Waals surface area contributed by atoms with Crippen LogP contribution < -0.4 is 31.9 Å². The molecule has 5 unspecified atom stereocenters. The molecular formula is C41H76N6O15. The van der Waals surface area contributed by atoms with Crippen LogP contribution in [0.3, 0.4) is 0 Å². The molecule has 5 atom stereocenters. The zero-order valence-corrected chi connectivity index (χ0v) is 36.4. The van der Waals surface area contributed by atoms with Crippen molar-refractivity contribution in [2.45, 2.75) is 133 Å². The molecule has 0 aromatic carbocycles. The third-order valence-corrected chi connectivity index (χ3v) is 9.84. The molecule has 0 aromatic heterocycles. The molecule has 11 N–H and O–H groups in total. The second kappa shape index (κ2) is 38.0. The summed E-state index contributed by atoms with van der Waals surface area (Å²) in [6, 6.07) is -2.16. The predicted molar refractivity (Wildman–Crippen MR) is 225 cm³/mol. The Morgan fingerprint density at radius 1 is 0.516 bits per heavy atom. The van der Waals surface area contributed by atoms with Gasteiger partial charge in [-0.25, -0.2) is 0 Å². The lowest BCUT2D eigenvalue weighted by atomic mass is 10.0. The summed E-state index contributed by atoms with van der Waals surface area (Å²) in [7, 11) is 0. The summed E-state index contributed by atoms with van der Waals surface area (Å²) in [5.74, 6) is -2.44. The van der Waals surface area contributed by atoms with Gasteiger partial charge in [0, 0.05) is 51.9 Å². The molecule has 0 aromatic rings. The van der Waals surface area contributed by atoms with Crippen LogP contribution in [-0.2, 0) is 47.7 Å². The van der Waals surface area contributed by atoms with E-state index in [9.17, 15) is 39.0 Å². The molecule has 360 valence electrons. The van der Waals surface area contributed by atoms with Gasteiger partial charge in [-0.1, -0.05) is 38.5 Å². The van der Waals surface area contributed by atoms with Crippen LogP contribution in [0.5, 0.6) is 0 Å². The zero-order valence-electron chi connectivity index (χ0n) is 36.4. The number of aliphatic hydroxyl groups excluding tert-OH is 5. The van der Waals surface area contributed by atoms with Gasteiger partial charge < -0.3 is 76.4 Å². The minimum absolute atomic E-state index is 0.0372. The fourth-order valence-corrected chi connectivity index (χ4v) is 6.42. The molecule has 1 aliphatic heterocycles. The van der Waals surface area contributed by atoms with E-state index in [0.29, 0.717) is 32.2 Å². The number of carbonyl (C=O) groups is 6. The van der Waals surface area contributed by atoms with Gasteiger partial charge in [0.1, 0.15) is 18.2 Å². The van der Waals surface area contributed by atoms with Crippen molar-refractivity contribution in [2.75, 3.05) is 92.2 Å². The van der Waals surface area contributed by atoms with Crippen LogP contribution in [0.2, 0.25) is 0 Å². The van der Waals surface area contributed by atoms with Crippen molar-refractivity contribution in [3.63, 3.8) is 0 Å². The number of nitrogens with one attached hydrogen (secondary N) is 6. The van der Waals surface area contributed by atoms with Gasteiger partial charge in [0.2, 0.25) is 35.4 Å². The Morgan fingerprint density at radius 3 is 1.42 bits per heavy atom. The van der Waals surface area contributed by atoms with Crippen LogP contribution in [0.4, 0.5) is 0 Å². The summed E-state index contributed by atoms with van der Waals surface area (Å²) >= 11 is 0. The molecule has 21 heteroatoms. The van der Waals surface area contributed by atoms with Crippen molar-refractivity contribution in [2.24, 2.45) is 0 Å². The van der Waals surface area contributed by atoms with Crippen LogP contribution in [0.15, 0.2) is 0 Å². The fraction of sp³-hybridized carbons (Fsp3) is 0.854. The van der Waals surface area contributed by atoms with Crippen molar-refractivity contribution >= 4 is 35.4 Å². The van der Waals surface area contributed by atoms with Crippen molar-refractivity contribution in [1.29, 1.82) is 0 Å². The molecule has 0 bridgehead atoms. The number of ether oxygens (including phenoxy) is 4. The highest BCUT2D eigenvalue weighted by molar-refractivity contribution is 5.90. The predicted octanol–water partition coefficient (Wildman–Crippen LogP) is -2.19. The molecule has 62 heavy (non-hydrogen) atoms. The highest BCUT2D eigenvalue weighted by atomic mass is 16.5. The smallest absolute Gasteiger partial charge is 0.242 e. The van der Waals surface area contributed by atoms with Crippen LogP contribution in [0.1, 0.15) is 103 Å². The average molecular weight is 893 g/mol. The largest absolute Gasteiger partial charge is 0.394 e. The SMILES string of the molecule is O=C(CCC(NC(=O)CCC(NC(=O)CCCCCCCCCCC(=O)NCC1CCC(O)C(CO)O1)C(=O)NCCOCCO)C(=O)NCCOCCO)NCCOCCO. The van der Waals surface area contributed by atoms with Gasteiger partial charge in [-0.2, -0.15) is 0 Å². The zero-order chi connectivity index (χ0) is 45.6. The van der Waals surface area contributed by atoms with Gasteiger partial charge in [-0.15, -0.1) is 0 Å². The van der Waals surface area contributed by atoms with Gasteiger partial charge in [0.15, 0.2) is 0 Å². The van der Waals surface area contributed by atoms with E-state index in [1.165, 1.54) is 0 Å². The third-order valence-electron chi connectivity index (χ3n) is 9.84. The monoisotopic (exact) mass is 893 g/mol. The number of rotatable bonds is 39. The number of aliphatic hydroxyl groups is 5. The maximum absolute atomic E-state index is 13.1. The Kier molecular flexibility index (Phi) is 34.6. The molecule has 0 saturated carbocycles. The number of unbranched alkanes of at least 4 members (excludes halogenated alkanes) is 7. The number of hydrogen-bond donors (Lipinski definition) is 11. The first-order chi connectivity index (χ1) is 30.0. The van der Waals surface area contributed by atoms with Crippen LogP contribution in [0, 0.1) is 0 Å².